The van der Waals surface area contributed by atoms with Gasteiger partial charge >= 0.3 is 17.7 Å². The molecule has 25 heavy (non-hydrogen) atoms. The van der Waals surface area contributed by atoms with Gasteiger partial charge in [0.15, 0.2) is 5.65 Å². The Kier molecular flexibility index (Phi) is 4.46. The first-order valence-electron chi connectivity index (χ1n) is 7.42. The predicted molar refractivity (Wildman–Crippen MR) is 89.4 cm³/mol. The van der Waals surface area contributed by atoms with Gasteiger partial charge in [-0.25, -0.2) is 19.1 Å². The summed E-state index contributed by atoms with van der Waals surface area (Å²) in [7, 11) is 0. The molecule has 1 aromatic carbocycles. The van der Waals surface area contributed by atoms with Crippen molar-refractivity contribution in [1.82, 2.24) is 14.2 Å². The number of nitrogens with zero attached hydrogens (tertiary/aromatic N) is 3. The molecule has 2 amide bonds. The van der Waals surface area contributed by atoms with Crippen molar-refractivity contribution < 1.29 is 14.3 Å². The zero-order valence-corrected chi connectivity index (χ0v) is 13.1. The summed E-state index contributed by atoms with van der Waals surface area (Å²) in [5, 5.41) is 6.54. The van der Waals surface area contributed by atoms with Crippen LogP contribution in [-0.2, 0) is 11.3 Å². The van der Waals surface area contributed by atoms with Gasteiger partial charge in [0.1, 0.15) is 6.61 Å². The van der Waals surface area contributed by atoms with E-state index in [0.717, 1.165) is 0 Å². The van der Waals surface area contributed by atoms with E-state index in [9.17, 15) is 14.4 Å². The molecule has 0 aliphatic heterocycles. The summed E-state index contributed by atoms with van der Waals surface area (Å²) in [4.78, 5) is 34.8. The van der Waals surface area contributed by atoms with E-state index in [2.05, 4.69) is 10.4 Å². The molecular weight excluding hydrogens is 326 g/mol. The van der Waals surface area contributed by atoms with E-state index in [-0.39, 0.29) is 18.8 Å². The van der Waals surface area contributed by atoms with Crippen molar-refractivity contribution in [2.45, 2.75) is 6.54 Å². The van der Waals surface area contributed by atoms with Crippen LogP contribution in [-0.4, -0.2) is 32.8 Å². The summed E-state index contributed by atoms with van der Waals surface area (Å²) in [5.41, 5.74) is 6.02. The summed E-state index contributed by atoms with van der Waals surface area (Å²) in [6.45, 7) is 0.150. The largest absolute Gasteiger partial charge is 0.460 e. The molecule has 0 fully saturated rings. The smallest absolute Gasteiger partial charge is 0.350 e. The number of hydrogen-bond acceptors (Lipinski definition) is 5. The molecule has 3 aromatic rings. The van der Waals surface area contributed by atoms with Crippen LogP contribution in [0, 0.1) is 0 Å². The van der Waals surface area contributed by atoms with Gasteiger partial charge in [-0.2, -0.15) is 0 Å². The summed E-state index contributed by atoms with van der Waals surface area (Å²) in [6, 6.07) is 10.6. The lowest BCUT2D eigenvalue weighted by atomic mass is 10.2. The summed E-state index contributed by atoms with van der Waals surface area (Å²) < 4.78 is 7.79. The molecular formula is C16H15N5O4. The number of carbonyl (C=O) groups is 2. The number of pyridine rings is 1. The number of amides is 2. The zero-order valence-electron chi connectivity index (χ0n) is 13.1. The van der Waals surface area contributed by atoms with Gasteiger partial charge in [0.05, 0.1) is 12.1 Å². The Morgan fingerprint density at radius 3 is 2.60 bits per heavy atom. The molecule has 0 spiro atoms. The highest BCUT2D eigenvalue weighted by molar-refractivity contribution is 5.91. The van der Waals surface area contributed by atoms with Gasteiger partial charge in [0.25, 0.3) is 0 Å². The Labute approximate surface area is 141 Å². The summed E-state index contributed by atoms with van der Waals surface area (Å²) >= 11 is 0. The molecule has 3 N–H and O–H groups in total. The van der Waals surface area contributed by atoms with E-state index < -0.39 is 12.0 Å². The Bertz CT molecular complexity index is 974. The second-order valence-electron chi connectivity index (χ2n) is 5.14. The van der Waals surface area contributed by atoms with Crippen LogP contribution in [0.15, 0.2) is 53.5 Å². The minimum Gasteiger partial charge on any atom is -0.460 e. The number of aromatic nitrogens is 3. The number of hydrogen-bond donors (Lipinski definition) is 2. The maximum absolute atomic E-state index is 12.1. The Balaban J connectivity index is 1.59. The van der Waals surface area contributed by atoms with E-state index in [1.54, 1.807) is 24.4 Å². The molecule has 0 radical (unpaired) electrons. The van der Waals surface area contributed by atoms with Crippen LogP contribution in [0.3, 0.4) is 0 Å². The number of benzene rings is 1. The zero-order chi connectivity index (χ0) is 17.8. The molecule has 0 aliphatic carbocycles. The molecule has 0 saturated heterocycles. The number of ether oxygens (including phenoxy) is 1. The van der Waals surface area contributed by atoms with Crippen LogP contribution in [0.4, 0.5) is 10.5 Å². The number of urea groups is 1. The predicted octanol–water partition coefficient (Wildman–Crippen LogP) is 0.844. The first-order chi connectivity index (χ1) is 12.0. The number of rotatable bonds is 5. The highest BCUT2D eigenvalue weighted by Gasteiger charge is 2.09. The van der Waals surface area contributed by atoms with E-state index in [1.807, 2.05) is 0 Å². The Hall–Kier alpha value is -3.62. The number of nitrogens with one attached hydrogen (secondary N) is 1. The molecule has 2 heterocycles. The van der Waals surface area contributed by atoms with Crippen LogP contribution in [0.25, 0.3) is 5.65 Å². The van der Waals surface area contributed by atoms with E-state index in [0.29, 0.717) is 16.9 Å². The van der Waals surface area contributed by atoms with Gasteiger partial charge in [0, 0.05) is 11.9 Å². The monoisotopic (exact) mass is 341 g/mol. The van der Waals surface area contributed by atoms with Crippen molar-refractivity contribution in [3.63, 3.8) is 0 Å². The van der Waals surface area contributed by atoms with Gasteiger partial charge in [-0.05, 0) is 36.4 Å². The lowest BCUT2D eigenvalue weighted by Gasteiger charge is -2.06. The number of anilines is 1. The van der Waals surface area contributed by atoms with Gasteiger partial charge in [-0.3, -0.25) is 4.40 Å². The van der Waals surface area contributed by atoms with Crippen molar-refractivity contribution in [3.8, 4) is 0 Å². The fourth-order valence-corrected chi connectivity index (χ4v) is 2.25. The van der Waals surface area contributed by atoms with Gasteiger partial charge in [0.2, 0.25) is 0 Å². The molecule has 2 aromatic heterocycles. The van der Waals surface area contributed by atoms with Crippen LogP contribution >= 0.6 is 0 Å². The molecule has 0 saturated carbocycles. The topological polar surface area (TPSA) is 121 Å². The minimum atomic E-state index is -0.687. The third kappa shape index (κ3) is 3.66. The quantitative estimate of drug-likeness (QED) is 0.666. The lowest BCUT2D eigenvalue weighted by molar-refractivity contribution is 0.0486. The third-order valence-corrected chi connectivity index (χ3v) is 3.41. The summed E-state index contributed by atoms with van der Waals surface area (Å²) in [5.74, 6) is -0.539. The number of primary amides is 1. The number of fused-ring (bicyclic) bond motifs is 1. The summed E-state index contributed by atoms with van der Waals surface area (Å²) in [6.07, 6.45) is 1.62. The first-order valence-corrected chi connectivity index (χ1v) is 7.42. The molecule has 9 heteroatoms. The van der Waals surface area contributed by atoms with Crippen LogP contribution < -0.4 is 16.7 Å². The molecule has 0 bridgehead atoms. The van der Waals surface area contributed by atoms with Crippen LogP contribution in [0.2, 0.25) is 0 Å². The third-order valence-electron chi connectivity index (χ3n) is 3.41. The maximum Gasteiger partial charge on any atom is 0.350 e. The van der Waals surface area contributed by atoms with Crippen molar-refractivity contribution in [2.24, 2.45) is 5.73 Å². The van der Waals surface area contributed by atoms with Crippen LogP contribution in [0.1, 0.15) is 10.4 Å². The first kappa shape index (κ1) is 16.2. The highest BCUT2D eigenvalue weighted by Crippen LogP contribution is 2.10. The van der Waals surface area contributed by atoms with E-state index in [4.69, 9.17) is 10.5 Å². The molecule has 3 rings (SSSR count). The normalized spacial score (nSPS) is 10.6. The van der Waals surface area contributed by atoms with E-state index >= 15 is 0 Å². The van der Waals surface area contributed by atoms with Crippen LogP contribution in [0.5, 0.6) is 0 Å². The average Bonchev–Trinajstić information content (AvgIpc) is 2.91. The fourth-order valence-electron chi connectivity index (χ4n) is 2.25. The second-order valence-corrected chi connectivity index (χ2v) is 5.14. The number of nitrogens with two attached hydrogens (primary N) is 1. The van der Waals surface area contributed by atoms with Crippen molar-refractivity contribution in [1.29, 1.82) is 0 Å². The molecule has 9 nitrogen and oxygen atoms in total. The van der Waals surface area contributed by atoms with Gasteiger partial charge in [-0.15, -0.1) is 5.10 Å². The second kappa shape index (κ2) is 6.87. The SMILES string of the molecule is NC(=O)Nc1ccc(C(=O)OCCn2nc3ccccn3c2=O)cc1. The van der Waals surface area contributed by atoms with Crippen molar-refractivity contribution in [3.05, 3.63) is 64.7 Å². The number of carbonyl (C=O) groups excluding carboxylic acids is 2. The average molecular weight is 341 g/mol. The molecule has 0 aliphatic rings. The standard InChI is InChI=1S/C16H15N5O4/c17-15(23)18-12-6-4-11(5-7-12)14(22)25-10-9-21-16(24)20-8-2-1-3-13(20)19-21/h1-8H,9-10H2,(H3,17,18,23). The van der Waals surface area contributed by atoms with Gasteiger partial charge in [-0.1, -0.05) is 6.07 Å². The highest BCUT2D eigenvalue weighted by atomic mass is 16.5. The molecule has 128 valence electrons. The fraction of sp³-hybridized carbons (Fsp3) is 0.125. The lowest BCUT2D eigenvalue weighted by Crippen LogP contribution is -2.24. The van der Waals surface area contributed by atoms with Crippen molar-refractivity contribution >= 4 is 23.3 Å². The molecule has 0 atom stereocenters. The Morgan fingerprint density at radius 1 is 1.16 bits per heavy atom. The Morgan fingerprint density at radius 2 is 1.92 bits per heavy atom. The van der Waals surface area contributed by atoms with Gasteiger partial charge < -0.3 is 15.8 Å². The number of esters is 1. The van der Waals surface area contributed by atoms with E-state index in [1.165, 1.54) is 33.3 Å². The maximum atomic E-state index is 12.1. The molecule has 0 unspecified atom stereocenters. The minimum absolute atomic E-state index is 0.00388. The van der Waals surface area contributed by atoms with Crippen molar-refractivity contribution in [2.75, 3.05) is 11.9 Å².